The van der Waals surface area contributed by atoms with Crippen LogP contribution < -0.4 is 10.1 Å². The van der Waals surface area contributed by atoms with E-state index in [1.807, 2.05) is 32.3 Å². The molecule has 0 spiro atoms. The summed E-state index contributed by atoms with van der Waals surface area (Å²) in [5.41, 5.74) is 3.62. The molecule has 4 heteroatoms. The Labute approximate surface area is 113 Å². The van der Waals surface area contributed by atoms with Gasteiger partial charge >= 0.3 is 0 Å². The zero-order valence-corrected chi connectivity index (χ0v) is 11.4. The number of ether oxygens (including phenoxy) is 1. The molecule has 19 heavy (non-hydrogen) atoms. The summed E-state index contributed by atoms with van der Waals surface area (Å²) in [5, 5.41) is 3.34. The summed E-state index contributed by atoms with van der Waals surface area (Å²) in [6, 6.07) is 8.20. The molecule has 0 unspecified atom stereocenters. The largest absolute Gasteiger partial charge is 0.491 e. The van der Waals surface area contributed by atoms with Crippen LogP contribution in [0.1, 0.15) is 25.2 Å². The monoisotopic (exact) mass is 257 g/mol. The van der Waals surface area contributed by atoms with Gasteiger partial charge in [-0.25, -0.2) is 4.98 Å². The maximum Gasteiger partial charge on any atom is 0.119 e. The van der Waals surface area contributed by atoms with Gasteiger partial charge < -0.3 is 14.6 Å². The average Bonchev–Trinajstić information content (AvgIpc) is 2.83. The predicted molar refractivity (Wildman–Crippen MR) is 74.7 cm³/mol. The highest BCUT2D eigenvalue weighted by atomic mass is 16.5. The Balaban J connectivity index is 1.88. The molecule has 3 rings (SSSR count). The van der Waals surface area contributed by atoms with E-state index in [4.69, 9.17) is 4.74 Å². The van der Waals surface area contributed by atoms with Crippen LogP contribution in [-0.2, 0) is 13.0 Å². The van der Waals surface area contributed by atoms with Gasteiger partial charge in [-0.3, -0.25) is 0 Å². The lowest BCUT2D eigenvalue weighted by Crippen LogP contribution is -2.24. The summed E-state index contributed by atoms with van der Waals surface area (Å²) in [6.07, 6.45) is 3.15. The van der Waals surface area contributed by atoms with E-state index < -0.39 is 0 Å². The van der Waals surface area contributed by atoms with E-state index in [1.165, 1.54) is 5.69 Å². The lowest BCUT2D eigenvalue weighted by Gasteiger charge is -2.15. The third kappa shape index (κ3) is 2.49. The number of fused-ring (bicyclic) bond motifs is 1. The minimum atomic E-state index is 0.206. The number of nitrogens with one attached hydrogen (secondary N) is 1. The Hall–Kier alpha value is -1.81. The van der Waals surface area contributed by atoms with Gasteiger partial charge in [0.25, 0.3) is 0 Å². The molecule has 4 nitrogen and oxygen atoms in total. The third-order valence-corrected chi connectivity index (χ3v) is 3.27. The van der Waals surface area contributed by atoms with Gasteiger partial charge in [0.15, 0.2) is 0 Å². The van der Waals surface area contributed by atoms with Crippen LogP contribution >= 0.6 is 0 Å². The van der Waals surface area contributed by atoms with Gasteiger partial charge in [-0.1, -0.05) is 0 Å². The predicted octanol–water partition coefficient (Wildman–Crippen LogP) is 2.31. The minimum Gasteiger partial charge on any atom is -0.491 e. The van der Waals surface area contributed by atoms with Crippen molar-refractivity contribution < 1.29 is 4.74 Å². The highest BCUT2D eigenvalue weighted by molar-refractivity contribution is 5.40. The summed E-state index contributed by atoms with van der Waals surface area (Å²) in [7, 11) is 0. The zero-order valence-electron chi connectivity index (χ0n) is 11.4. The molecule has 2 heterocycles. The smallest absolute Gasteiger partial charge is 0.119 e. The van der Waals surface area contributed by atoms with Crippen molar-refractivity contribution in [3.63, 3.8) is 0 Å². The first-order valence-corrected chi connectivity index (χ1v) is 6.77. The quantitative estimate of drug-likeness (QED) is 0.917. The summed E-state index contributed by atoms with van der Waals surface area (Å²) in [6.45, 7) is 5.96. The second kappa shape index (κ2) is 5.05. The molecule has 0 aliphatic carbocycles. The summed E-state index contributed by atoms with van der Waals surface area (Å²) < 4.78 is 7.84. The minimum absolute atomic E-state index is 0.206. The average molecular weight is 257 g/mol. The zero-order chi connectivity index (χ0) is 13.2. The van der Waals surface area contributed by atoms with Gasteiger partial charge in [0.1, 0.15) is 5.75 Å². The fraction of sp³-hybridized carbons (Fsp3) is 0.400. The molecule has 0 saturated heterocycles. The van der Waals surface area contributed by atoms with Crippen LogP contribution in [0.4, 0.5) is 0 Å². The third-order valence-electron chi connectivity index (χ3n) is 3.27. The molecule has 0 atom stereocenters. The molecule has 1 N–H and O–H groups in total. The Bertz CT molecular complexity index is 557. The van der Waals surface area contributed by atoms with E-state index in [0.717, 1.165) is 36.6 Å². The fourth-order valence-electron chi connectivity index (χ4n) is 2.42. The van der Waals surface area contributed by atoms with Gasteiger partial charge in [-0.15, -0.1) is 0 Å². The summed E-state index contributed by atoms with van der Waals surface area (Å²) in [4.78, 5) is 4.47. The maximum atomic E-state index is 5.66. The van der Waals surface area contributed by atoms with E-state index in [0.29, 0.717) is 0 Å². The Morgan fingerprint density at radius 3 is 2.79 bits per heavy atom. The second-order valence-electron chi connectivity index (χ2n) is 5.10. The van der Waals surface area contributed by atoms with Crippen LogP contribution in [0.3, 0.4) is 0 Å². The number of benzene rings is 1. The first-order valence-electron chi connectivity index (χ1n) is 6.77. The number of imidazole rings is 1. The molecule has 2 aromatic rings. The van der Waals surface area contributed by atoms with E-state index in [9.17, 15) is 0 Å². The Kier molecular flexibility index (Phi) is 3.25. The molecular weight excluding hydrogens is 238 g/mol. The molecule has 100 valence electrons. The van der Waals surface area contributed by atoms with Crippen molar-refractivity contribution in [1.29, 1.82) is 0 Å². The van der Waals surface area contributed by atoms with Gasteiger partial charge in [0.2, 0.25) is 0 Å². The molecule has 0 bridgehead atoms. The highest BCUT2D eigenvalue weighted by Gasteiger charge is 2.15. The van der Waals surface area contributed by atoms with E-state index in [1.54, 1.807) is 0 Å². The SMILES string of the molecule is CC(C)Oc1ccc(-n2cnc3c2CCNC3)cc1. The maximum absolute atomic E-state index is 5.66. The van der Waals surface area contributed by atoms with Gasteiger partial charge in [0, 0.05) is 30.9 Å². The topological polar surface area (TPSA) is 39.1 Å². The van der Waals surface area contributed by atoms with Crippen LogP contribution in [0, 0.1) is 0 Å². The van der Waals surface area contributed by atoms with E-state index in [2.05, 4.69) is 27.0 Å². The number of rotatable bonds is 3. The van der Waals surface area contributed by atoms with Crippen LogP contribution in [0.2, 0.25) is 0 Å². The van der Waals surface area contributed by atoms with Crippen molar-refractivity contribution >= 4 is 0 Å². The van der Waals surface area contributed by atoms with Crippen molar-refractivity contribution in [2.75, 3.05) is 6.54 Å². The molecule has 0 saturated carbocycles. The second-order valence-corrected chi connectivity index (χ2v) is 5.10. The van der Waals surface area contributed by atoms with Crippen molar-refractivity contribution in [3.8, 4) is 11.4 Å². The van der Waals surface area contributed by atoms with Gasteiger partial charge in [0.05, 0.1) is 18.1 Å². The molecule has 1 aromatic carbocycles. The molecule has 1 aromatic heterocycles. The van der Waals surface area contributed by atoms with Gasteiger partial charge in [-0.2, -0.15) is 0 Å². The number of nitrogens with zero attached hydrogens (tertiary/aromatic N) is 2. The number of hydrogen-bond acceptors (Lipinski definition) is 3. The lowest BCUT2D eigenvalue weighted by molar-refractivity contribution is 0.242. The van der Waals surface area contributed by atoms with Crippen molar-refractivity contribution in [1.82, 2.24) is 14.9 Å². The molecule has 0 fully saturated rings. The standard InChI is InChI=1S/C15H19N3O/c1-11(2)19-13-5-3-12(4-6-13)18-10-17-14-9-16-8-7-15(14)18/h3-6,10-11,16H,7-9H2,1-2H3. The first kappa shape index (κ1) is 12.2. The van der Waals surface area contributed by atoms with Crippen molar-refractivity contribution in [3.05, 3.63) is 42.0 Å². The van der Waals surface area contributed by atoms with Crippen LogP contribution in [0.5, 0.6) is 5.75 Å². The molecule has 1 aliphatic rings. The molecule has 0 amide bonds. The molecule has 1 aliphatic heterocycles. The van der Waals surface area contributed by atoms with E-state index >= 15 is 0 Å². The number of hydrogen-bond donors (Lipinski definition) is 1. The molecular formula is C15H19N3O. The van der Waals surface area contributed by atoms with Crippen LogP contribution in [0.15, 0.2) is 30.6 Å². The lowest BCUT2D eigenvalue weighted by atomic mass is 10.1. The Morgan fingerprint density at radius 1 is 1.26 bits per heavy atom. The normalized spacial score (nSPS) is 14.5. The highest BCUT2D eigenvalue weighted by Crippen LogP contribution is 2.21. The first-order chi connectivity index (χ1) is 9.24. The summed E-state index contributed by atoms with van der Waals surface area (Å²) >= 11 is 0. The van der Waals surface area contributed by atoms with E-state index in [-0.39, 0.29) is 6.10 Å². The van der Waals surface area contributed by atoms with Gasteiger partial charge in [-0.05, 0) is 38.1 Å². The fourth-order valence-corrected chi connectivity index (χ4v) is 2.42. The van der Waals surface area contributed by atoms with Crippen LogP contribution in [-0.4, -0.2) is 22.2 Å². The number of aromatic nitrogens is 2. The van der Waals surface area contributed by atoms with Crippen molar-refractivity contribution in [2.24, 2.45) is 0 Å². The Morgan fingerprint density at radius 2 is 2.05 bits per heavy atom. The van der Waals surface area contributed by atoms with Crippen LogP contribution in [0.25, 0.3) is 5.69 Å². The molecule has 0 radical (unpaired) electrons. The van der Waals surface area contributed by atoms with Crippen molar-refractivity contribution in [2.45, 2.75) is 32.9 Å². The summed E-state index contributed by atoms with van der Waals surface area (Å²) in [5.74, 6) is 0.911.